The van der Waals surface area contributed by atoms with E-state index in [1.54, 1.807) is 0 Å². The molecule has 0 bridgehead atoms. The van der Waals surface area contributed by atoms with Gasteiger partial charge in [-0.05, 0) is 6.42 Å². The van der Waals surface area contributed by atoms with Crippen molar-refractivity contribution in [3.63, 3.8) is 0 Å². The van der Waals surface area contributed by atoms with Crippen molar-refractivity contribution in [3.8, 4) is 0 Å². The zero-order valence-electron chi connectivity index (χ0n) is 7.82. The third-order valence-electron chi connectivity index (χ3n) is 2.08. The third kappa shape index (κ3) is 3.89. The first-order valence-electron chi connectivity index (χ1n) is 4.01. The first-order valence-corrected chi connectivity index (χ1v) is 19.1. The highest BCUT2D eigenvalue weighted by Crippen LogP contribution is 2.67. The summed E-state index contributed by atoms with van der Waals surface area (Å²) in [6.45, 7) is 1.86. The van der Waals surface area contributed by atoms with Crippen LogP contribution >= 0.6 is 99.7 Å². The Morgan fingerprint density at radius 2 is 0.938 bits per heavy atom. The molecule has 0 unspecified atom stereocenters. The second-order valence-corrected chi connectivity index (χ2v) is 30.7. The van der Waals surface area contributed by atoms with Crippen molar-refractivity contribution in [2.45, 2.75) is 24.1 Å². The highest BCUT2D eigenvalue weighted by Gasteiger charge is 2.74. The maximum atomic E-state index is 6.04. The molecule has 0 aliphatic heterocycles. The van der Waals surface area contributed by atoms with Crippen molar-refractivity contribution in [1.29, 1.82) is 0 Å². The van der Waals surface area contributed by atoms with E-state index in [0.717, 1.165) is 0 Å². The summed E-state index contributed by atoms with van der Waals surface area (Å²) in [5.41, 5.74) is 0. The van der Waals surface area contributed by atoms with Crippen LogP contribution in [0.1, 0.15) is 19.8 Å². The quantitative estimate of drug-likeness (QED) is 0.323. The van der Waals surface area contributed by atoms with Crippen LogP contribution in [0.5, 0.6) is 0 Å². The predicted molar refractivity (Wildman–Crippen MR) is 87.5 cm³/mol. The van der Waals surface area contributed by atoms with Gasteiger partial charge in [0.1, 0.15) is 0 Å². The van der Waals surface area contributed by atoms with Crippen LogP contribution in [0.4, 0.5) is 0 Å². The highest BCUT2D eigenvalue weighted by molar-refractivity contribution is 7.86. The molecule has 0 aromatic heterocycles. The van der Waals surface area contributed by atoms with E-state index in [0.29, 0.717) is 12.8 Å². The molecule has 98 valence electrons. The van der Waals surface area contributed by atoms with E-state index in [1.165, 1.54) is 0 Å². The van der Waals surface area contributed by atoms with Crippen molar-refractivity contribution in [2.24, 2.45) is 0 Å². The normalized spacial score (nSPS) is 15.4. The van der Waals surface area contributed by atoms with Gasteiger partial charge in [0, 0.05) is 0 Å². The van der Waals surface area contributed by atoms with Crippen molar-refractivity contribution < 1.29 is 0 Å². The molecule has 0 spiro atoms. The lowest BCUT2D eigenvalue weighted by Crippen LogP contribution is -2.57. The van der Waals surface area contributed by atoms with Gasteiger partial charge in [0.25, 0.3) is 0 Å². The Morgan fingerprint density at radius 1 is 0.688 bits per heavy atom. The summed E-state index contributed by atoms with van der Waals surface area (Å²) in [5, 5.41) is 0. The number of halogens is 9. The van der Waals surface area contributed by atoms with Gasteiger partial charge in [0.15, 0.2) is 0 Å². The van der Waals surface area contributed by atoms with E-state index >= 15 is 0 Å². The Labute approximate surface area is 140 Å². The monoisotopic (exact) mass is 454 g/mol. The Morgan fingerprint density at radius 3 is 1.00 bits per heavy atom. The van der Waals surface area contributed by atoms with Gasteiger partial charge in [0.05, 0.1) is 4.28 Å². The summed E-state index contributed by atoms with van der Waals surface area (Å²) in [7, 11) is 0. The van der Waals surface area contributed by atoms with Crippen molar-refractivity contribution in [3.05, 3.63) is 0 Å². The number of hydrogen-bond acceptors (Lipinski definition) is 0. The Kier molecular flexibility index (Phi) is 7.65. The number of rotatable bonds is 5. The molecular formula is C4H7Cl9Si3. The Hall–Kier alpha value is 3.26. The Balaban J connectivity index is 5.82. The largest absolute Gasteiger partial charge is 0.349 e. The summed E-state index contributed by atoms with van der Waals surface area (Å²) in [4.78, 5) is 0. The average Bonchev–Trinajstić information content (AvgIpc) is 1.91. The molecule has 0 amide bonds. The zero-order valence-corrected chi connectivity index (χ0v) is 17.6. The van der Waals surface area contributed by atoms with E-state index in [9.17, 15) is 0 Å². The van der Waals surface area contributed by atoms with Gasteiger partial charge in [-0.1, -0.05) is 13.3 Å². The van der Waals surface area contributed by atoms with Crippen molar-refractivity contribution in [2.75, 3.05) is 0 Å². The number of hydrogen-bond donors (Lipinski definition) is 0. The van der Waals surface area contributed by atoms with E-state index in [2.05, 4.69) is 0 Å². The molecule has 0 nitrogen and oxygen atoms in total. The lowest BCUT2D eigenvalue weighted by atomic mass is 10.4. The van der Waals surface area contributed by atoms with E-state index in [4.69, 9.17) is 99.7 Å². The molecule has 0 atom stereocenters. The van der Waals surface area contributed by atoms with Gasteiger partial charge in [-0.3, -0.25) is 0 Å². The molecule has 0 aromatic carbocycles. The molecule has 16 heavy (non-hydrogen) atoms. The van der Waals surface area contributed by atoms with E-state index in [1.807, 2.05) is 6.92 Å². The summed E-state index contributed by atoms with van der Waals surface area (Å²) in [6.07, 6.45) is 0.921. The topological polar surface area (TPSA) is 0 Å². The smallest absolute Gasteiger partial charge is 0.126 e. The highest BCUT2D eigenvalue weighted by atomic mass is 35.9. The lowest BCUT2D eigenvalue weighted by Gasteiger charge is -2.44. The van der Waals surface area contributed by atoms with E-state index < -0.39 is 22.3 Å². The molecule has 0 saturated carbocycles. The van der Waals surface area contributed by atoms with Gasteiger partial charge in [0.2, 0.25) is 0 Å². The molecule has 0 fully saturated rings. The summed E-state index contributed by atoms with van der Waals surface area (Å²) in [5.74, 6) is 0. The Bertz CT molecular complexity index is 201. The molecule has 0 N–H and O–H groups in total. The fourth-order valence-corrected chi connectivity index (χ4v) is 44.0. The van der Waals surface area contributed by atoms with Gasteiger partial charge in [-0.15, -0.1) is 99.7 Å². The summed E-state index contributed by atoms with van der Waals surface area (Å²) < 4.78 is -1.33. The second-order valence-electron chi connectivity index (χ2n) is 3.15. The van der Waals surface area contributed by atoms with Crippen LogP contribution < -0.4 is 0 Å². The van der Waals surface area contributed by atoms with Crippen LogP contribution in [-0.4, -0.2) is 18.0 Å². The molecule has 0 saturated heterocycles. The maximum absolute atomic E-state index is 6.04. The molecule has 0 heterocycles. The second kappa shape index (κ2) is 6.35. The predicted octanol–water partition coefficient (Wildman–Crippen LogP) is 6.57. The van der Waals surface area contributed by atoms with Crippen LogP contribution in [0.3, 0.4) is 0 Å². The minimum atomic E-state index is -3.48. The molecule has 12 heteroatoms. The first-order chi connectivity index (χ1) is 6.81. The first kappa shape index (κ1) is 19.3. The van der Waals surface area contributed by atoms with Gasteiger partial charge < -0.3 is 0 Å². The molecule has 0 aliphatic carbocycles. The van der Waals surface area contributed by atoms with Crippen molar-refractivity contribution >= 4 is 118 Å². The van der Waals surface area contributed by atoms with Crippen LogP contribution in [0.15, 0.2) is 0 Å². The maximum Gasteiger partial charge on any atom is 0.349 e. The summed E-state index contributed by atoms with van der Waals surface area (Å²) in [6, 6.07) is -10.4. The molecule has 0 radical (unpaired) electrons. The summed E-state index contributed by atoms with van der Waals surface area (Å²) >= 11 is 54.3. The zero-order chi connectivity index (χ0) is 13.4. The minimum Gasteiger partial charge on any atom is -0.126 e. The molecular weight excluding hydrogens is 451 g/mol. The molecule has 0 aliphatic rings. The van der Waals surface area contributed by atoms with Crippen LogP contribution in [-0.2, 0) is 0 Å². The van der Waals surface area contributed by atoms with Crippen LogP contribution in [0.25, 0.3) is 0 Å². The molecule has 0 aromatic rings. The lowest BCUT2D eigenvalue weighted by molar-refractivity contribution is 0.793. The third-order valence-corrected chi connectivity index (χ3v) is 29.7. The van der Waals surface area contributed by atoms with Gasteiger partial charge in [-0.25, -0.2) is 0 Å². The van der Waals surface area contributed by atoms with Crippen LogP contribution in [0, 0.1) is 0 Å². The SMILES string of the molecule is CCCC([Si](Cl)(Cl)Cl)([Si](Cl)(Cl)Cl)[Si](Cl)(Cl)Cl. The standard InChI is InChI=1S/C4H7Cl9Si3/c1-2-3-4(14(5,6)7,15(8,9)10)16(11,12)13/h2-3H2,1H3. The van der Waals surface area contributed by atoms with Crippen LogP contribution in [0.2, 0.25) is 4.28 Å². The fourth-order valence-electron chi connectivity index (χ4n) is 1.28. The van der Waals surface area contributed by atoms with Gasteiger partial charge >= 0.3 is 18.0 Å². The average molecular weight is 458 g/mol. The molecule has 0 rings (SSSR count). The minimum absolute atomic E-state index is 0.307. The van der Waals surface area contributed by atoms with Gasteiger partial charge in [-0.2, -0.15) is 0 Å². The van der Waals surface area contributed by atoms with E-state index in [-0.39, 0.29) is 0 Å². The fraction of sp³-hybridized carbons (Fsp3) is 1.00. The van der Waals surface area contributed by atoms with Crippen molar-refractivity contribution in [1.82, 2.24) is 0 Å².